The van der Waals surface area contributed by atoms with E-state index in [2.05, 4.69) is 0 Å². The largest absolute Gasteiger partial charge is 0.497 e. The minimum absolute atomic E-state index is 0.134. The molecule has 1 aliphatic rings. The number of rotatable bonds is 6. The number of hydrogen-bond acceptors (Lipinski definition) is 8. The molecular weight excluding hydrogens is 468 g/mol. The quantitative estimate of drug-likeness (QED) is 0.139. The standard InChI is InChI=1S/C22H16N2O5S3/c1-28-14-6-8-17(18(11-14)24(26)27)19-9-7-15(29-19)12-20-21(25)23(22(30)32-20)13-4-3-5-16(10-13)31-2/h3-12H,1-2H3/b20-12+. The van der Waals surface area contributed by atoms with Gasteiger partial charge < -0.3 is 9.15 Å². The van der Waals surface area contributed by atoms with Gasteiger partial charge in [0.25, 0.3) is 11.6 Å². The predicted octanol–water partition coefficient (Wildman–Crippen LogP) is 5.99. The molecule has 32 heavy (non-hydrogen) atoms. The Morgan fingerprint density at radius 3 is 2.75 bits per heavy atom. The van der Waals surface area contributed by atoms with E-state index in [-0.39, 0.29) is 11.6 Å². The summed E-state index contributed by atoms with van der Waals surface area (Å²) in [7, 11) is 1.44. The lowest BCUT2D eigenvalue weighted by atomic mass is 10.1. The number of carbonyl (C=O) groups is 1. The third kappa shape index (κ3) is 4.29. The number of thiocarbonyl (C=S) groups is 1. The molecule has 2 heterocycles. The van der Waals surface area contributed by atoms with Crippen molar-refractivity contribution in [3.8, 4) is 17.1 Å². The highest BCUT2D eigenvalue weighted by Gasteiger charge is 2.33. The van der Waals surface area contributed by atoms with E-state index >= 15 is 0 Å². The number of thioether (sulfide) groups is 2. The molecule has 2 aromatic carbocycles. The molecule has 162 valence electrons. The van der Waals surface area contributed by atoms with Gasteiger partial charge in [-0.2, -0.15) is 0 Å². The van der Waals surface area contributed by atoms with Gasteiger partial charge in [0.05, 0.1) is 34.3 Å². The van der Waals surface area contributed by atoms with E-state index in [0.29, 0.717) is 37.7 Å². The second kappa shape index (κ2) is 9.19. The number of furan rings is 1. The average molecular weight is 485 g/mol. The molecule has 0 saturated carbocycles. The van der Waals surface area contributed by atoms with Gasteiger partial charge in [-0.15, -0.1) is 11.8 Å². The first-order valence-corrected chi connectivity index (χ1v) is 11.7. The molecule has 0 radical (unpaired) electrons. The minimum Gasteiger partial charge on any atom is -0.497 e. The van der Waals surface area contributed by atoms with Crippen LogP contribution in [0, 0.1) is 10.1 Å². The van der Waals surface area contributed by atoms with Gasteiger partial charge in [0.1, 0.15) is 17.3 Å². The molecule has 3 aromatic rings. The highest BCUT2D eigenvalue weighted by atomic mass is 32.2. The maximum Gasteiger partial charge on any atom is 0.284 e. The second-order valence-corrected chi connectivity index (χ2v) is 9.12. The van der Waals surface area contributed by atoms with Crippen molar-refractivity contribution in [1.29, 1.82) is 0 Å². The van der Waals surface area contributed by atoms with Crippen LogP contribution in [-0.4, -0.2) is 28.5 Å². The monoisotopic (exact) mass is 484 g/mol. The van der Waals surface area contributed by atoms with E-state index in [1.165, 1.54) is 29.8 Å². The van der Waals surface area contributed by atoms with Gasteiger partial charge in [0, 0.05) is 11.0 Å². The fourth-order valence-corrected chi connectivity index (χ4v) is 4.87. The summed E-state index contributed by atoms with van der Waals surface area (Å²) in [4.78, 5) is 26.9. The molecule has 0 spiro atoms. The molecular formula is C22H16N2O5S3. The van der Waals surface area contributed by atoms with Crippen LogP contribution in [0.4, 0.5) is 11.4 Å². The third-order valence-corrected chi connectivity index (χ3v) is 6.70. The maximum absolute atomic E-state index is 13.0. The number of hydrogen-bond donors (Lipinski definition) is 0. The Bertz CT molecular complexity index is 1270. The van der Waals surface area contributed by atoms with Crippen LogP contribution in [0.2, 0.25) is 0 Å². The molecule has 1 aliphatic heterocycles. The molecule has 1 saturated heterocycles. The van der Waals surface area contributed by atoms with Gasteiger partial charge in [-0.1, -0.05) is 30.0 Å². The number of benzene rings is 2. The van der Waals surface area contributed by atoms with Crippen molar-refractivity contribution in [2.45, 2.75) is 4.90 Å². The van der Waals surface area contributed by atoms with Gasteiger partial charge in [0.15, 0.2) is 4.32 Å². The normalized spacial score (nSPS) is 14.9. The van der Waals surface area contributed by atoms with Crippen LogP contribution in [0.25, 0.3) is 17.4 Å². The molecule has 0 unspecified atom stereocenters. The lowest BCUT2D eigenvalue weighted by Gasteiger charge is -2.15. The first-order chi connectivity index (χ1) is 15.4. The molecule has 1 amide bonds. The SMILES string of the molecule is COc1ccc(-c2ccc(/C=C3/SC(=S)N(c4cccc(SC)c4)C3=O)o2)c([N+](=O)[O-])c1. The lowest BCUT2D eigenvalue weighted by molar-refractivity contribution is -0.384. The number of nitrogens with zero attached hydrogens (tertiary/aromatic N) is 2. The zero-order valence-corrected chi connectivity index (χ0v) is 19.4. The van der Waals surface area contributed by atoms with E-state index in [1.807, 2.05) is 30.5 Å². The van der Waals surface area contributed by atoms with Gasteiger partial charge >= 0.3 is 0 Å². The van der Waals surface area contributed by atoms with Gasteiger partial charge in [-0.25, -0.2) is 0 Å². The molecule has 0 atom stereocenters. The Labute approximate surface area is 197 Å². The van der Waals surface area contributed by atoms with Crippen molar-refractivity contribution >= 4 is 63.4 Å². The topological polar surface area (TPSA) is 85.8 Å². The van der Waals surface area contributed by atoms with E-state index in [4.69, 9.17) is 21.4 Å². The fourth-order valence-electron chi connectivity index (χ4n) is 3.14. The van der Waals surface area contributed by atoms with Crippen LogP contribution < -0.4 is 9.64 Å². The molecule has 7 nitrogen and oxygen atoms in total. The van der Waals surface area contributed by atoms with Crippen LogP contribution in [0.5, 0.6) is 5.75 Å². The number of methoxy groups -OCH3 is 1. The van der Waals surface area contributed by atoms with Gasteiger partial charge in [-0.3, -0.25) is 19.8 Å². The number of ether oxygens (including phenoxy) is 1. The van der Waals surface area contributed by atoms with E-state index in [0.717, 1.165) is 4.90 Å². The van der Waals surface area contributed by atoms with Crippen LogP contribution >= 0.6 is 35.7 Å². The Hall–Kier alpha value is -3.08. The minimum atomic E-state index is -0.492. The lowest BCUT2D eigenvalue weighted by Crippen LogP contribution is -2.27. The molecule has 0 N–H and O–H groups in total. The number of nitro benzene ring substituents is 1. The molecule has 1 aromatic heterocycles. The summed E-state index contributed by atoms with van der Waals surface area (Å²) in [5, 5.41) is 11.5. The average Bonchev–Trinajstić information content (AvgIpc) is 3.37. The second-order valence-electron chi connectivity index (χ2n) is 6.56. The van der Waals surface area contributed by atoms with Crippen LogP contribution in [-0.2, 0) is 4.79 Å². The number of carbonyl (C=O) groups excluding carboxylic acids is 1. The summed E-state index contributed by atoms with van der Waals surface area (Å²) in [6, 6.07) is 15.4. The smallest absolute Gasteiger partial charge is 0.284 e. The number of amides is 1. The maximum atomic E-state index is 13.0. The van der Waals surface area contributed by atoms with E-state index in [1.54, 1.807) is 42.1 Å². The summed E-state index contributed by atoms with van der Waals surface area (Å²) in [6.07, 6.45) is 3.56. The third-order valence-electron chi connectivity index (χ3n) is 4.67. The Kier molecular flexibility index (Phi) is 6.35. The fraction of sp³-hybridized carbons (Fsp3) is 0.0909. The van der Waals surface area contributed by atoms with Crippen molar-refractivity contribution in [3.63, 3.8) is 0 Å². The molecule has 10 heteroatoms. The summed E-state index contributed by atoms with van der Waals surface area (Å²) in [5.74, 6) is 0.838. The first kappa shape index (κ1) is 22.1. The van der Waals surface area contributed by atoms with Gasteiger partial charge in [0.2, 0.25) is 0 Å². The number of nitro groups is 1. The first-order valence-electron chi connectivity index (χ1n) is 9.26. The van der Waals surface area contributed by atoms with E-state index in [9.17, 15) is 14.9 Å². The van der Waals surface area contributed by atoms with Crippen LogP contribution in [0.1, 0.15) is 5.76 Å². The summed E-state index contributed by atoms with van der Waals surface area (Å²) in [5.41, 5.74) is 0.888. The highest BCUT2D eigenvalue weighted by molar-refractivity contribution is 8.27. The number of anilines is 1. The molecule has 0 aliphatic carbocycles. The predicted molar refractivity (Wildman–Crippen MR) is 131 cm³/mol. The van der Waals surface area contributed by atoms with Crippen molar-refractivity contribution in [2.75, 3.05) is 18.3 Å². The van der Waals surface area contributed by atoms with Crippen molar-refractivity contribution in [1.82, 2.24) is 0 Å². The molecule has 1 fully saturated rings. The van der Waals surface area contributed by atoms with Crippen LogP contribution in [0.3, 0.4) is 0 Å². The van der Waals surface area contributed by atoms with E-state index < -0.39 is 4.92 Å². The highest BCUT2D eigenvalue weighted by Crippen LogP contribution is 2.38. The zero-order valence-electron chi connectivity index (χ0n) is 16.9. The van der Waals surface area contributed by atoms with Crippen molar-refractivity contribution in [2.24, 2.45) is 0 Å². The Morgan fingerprint density at radius 1 is 1.22 bits per heavy atom. The summed E-state index contributed by atoms with van der Waals surface area (Å²) >= 11 is 8.19. The van der Waals surface area contributed by atoms with Crippen molar-refractivity contribution < 1.29 is 18.9 Å². The van der Waals surface area contributed by atoms with Crippen LogP contribution in [0.15, 0.2) is 68.8 Å². The summed E-state index contributed by atoms with van der Waals surface area (Å²) in [6.45, 7) is 0. The van der Waals surface area contributed by atoms with Gasteiger partial charge in [-0.05, 0) is 48.7 Å². The molecule has 4 rings (SSSR count). The Morgan fingerprint density at radius 2 is 2.03 bits per heavy atom. The van der Waals surface area contributed by atoms with Crippen molar-refractivity contribution in [3.05, 3.63) is 75.4 Å². The summed E-state index contributed by atoms with van der Waals surface area (Å²) < 4.78 is 11.3. The Balaban J connectivity index is 1.63. The zero-order chi connectivity index (χ0) is 22.8. The molecule has 0 bridgehead atoms.